The highest BCUT2D eigenvalue weighted by Gasteiger charge is 2.38. The second kappa shape index (κ2) is 21.4. The van der Waals surface area contributed by atoms with Crippen molar-refractivity contribution >= 4 is 335 Å². The molecule has 24 heteroatoms. The van der Waals surface area contributed by atoms with Gasteiger partial charge in [0.25, 0.3) is 88.9 Å². The standard InChI is InChI=1S/C110H48N8O16/c1-111-95(119)41-17-11-35-37-13-19-43-69-59(105(129)113(3)97(43)121)27-49-75-53-31-63-77-55(101(125)117(7)109(63)133)23-33(65-39-15-21-45-71-61(107(131)115(5)99(45)123)29-51(89(83(39)71)91(53)93(65)77)73(75)47-25-57(103(111)127)67(41)79(35)85(47)87(49)81(37)69)9-10-34-24-56-78-64(110(134)118(8)102(56)126)32-54-76-50-28-60-70-44(98(122)114(4)106(60)130)20-14-38-36-12-18-42-68-58(104(128)112(2)96(42)120)26-48(86(80(36)68)88(50)82(38)70)74(76)52-30-62-72-46(100(124)116(6)108(62)132)22-16-40-66(34)94(78)92(54)90(52)84(40)72/h9-32H,1-8H3/b10-9+. The zero-order valence-corrected chi connectivity index (χ0v) is 71.0. The van der Waals surface area contributed by atoms with Gasteiger partial charge < -0.3 is 0 Å². The molecule has 24 aromatic carbocycles. The first-order chi connectivity index (χ1) is 64.6. The van der Waals surface area contributed by atoms with Gasteiger partial charge in [-0.25, -0.2) is 0 Å². The number of pyridine rings is 8. The second-order valence-corrected chi connectivity index (χ2v) is 37.7. The third kappa shape index (κ3) is 6.96. The average Bonchev–Trinajstić information content (AvgIpc) is 0.651. The first kappa shape index (κ1) is 70.9. The van der Waals surface area contributed by atoms with Crippen LogP contribution in [0.5, 0.6) is 0 Å². The van der Waals surface area contributed by atoms with Gasteiger partial charge in [0.05, 0.1) is 0 Å². The van der Waals surface area contributed by atoms with Crippen LogP contribution in [0.25, 0.3) is 335 Å². The van der Waals surface area contributed by atoms with Gasteiger partial charge in [0.1, 0.15) is 0 Å². The Labute approximate surface area is 734 Å². The van der Waals surface area contributed by atoms with Crippen molar-refractivity contribution in [3.63, 3.8) is 0 Å². The third-order valence-corrected chi connectivity index (χ3v) is 32.3. The molecule has 0 aliphatic heterocycles. The van der Waals surface area contributed by atoms with Crippen molar-refractivity contribution in [2.75, 3.05) is 0 Å². The largest absolute Gasteiger partial charge is 0.277 e. The summed E-state index contributed by atoms with van der Waals surface area (Å²) in [5.74, 6) is 0. The summed E-state index contributed by atoms with van der Waals surface area (Å²) in [7, 11) is 11.3. The van der Waals surface area contributed by atoms with E-state index in [1.807, 2.05) is 24.3 Å². The van der Waals surface area contributed by atoms with E-state index in [4.69, 9.17) is 0 Å². The quantitative estimate of drug-likeness (QED) is 0.0882. The Kier molecular flexibility index (Phi) is 11.3. The topological polar surface area (TPSA) is 313 Å². The maximum Gasteiger partial charge on any atom is 0.261 e. The van der Waals surface area contributed by atoms with E-state index in [-0.39, 0.29) is 97.0 Å². The fourth-order valence-electron chi connectivity index (χ4n) is 26.7. The molecule has 8 aromatic heterocycles. The summed E-state index contributed by atoms with van der Waals surface area (Å²) in [4.78, 5) is 246. The lowest BCUT2D eigenvalue weighted by molar-refractivity contribution is 0.841. The highest BCUT2D eigenvalue weighted by Crippen LogP contribution is 2.61. The van der Waals surface area contributed by atoms with Crippen molar-refractivity contribution < 1.29 is 0 Å². The Balaban J connectivity index is 0.802. The minimum Gasteiger partial charge on any atom is -0.277 e. The van der Waals surface area contributed by atoms with E-state index in [9.17, 15) is 19.2 Å². The Morgan fingerprint density at radius 3 is 0.425 bits per heavy atom. The van der Waals surface area contributed by atoms with E-state index >= 15 is 57.5 Å². The summed E-state index contributed by atoms with van der Waals surface area (Å²) in [5, 5.41) is 23.4. The van der Waals surface area contributed by atoms with E-state index < -0.39 is 88.9 Å². The first-order valence-electron chi connectivity index (χ1n) is 43.6. The third-order valence-electron chi connectivity index (χ3n) is 32.3. The van der Waals surface area contributed by atoms with Crippen molar-refractivity contribution in [1.82, 2.24) is 36.5 Å². The van der Waals surface area contributed by atoms with Crippen LogP contribution in [0.4, 0.5) is 0 Å². The number of aromatic nitrogens is 8. The monoisotopic (exact) mass is 1740 g/mol. The molecule has 0 atom stereocenters. The van der Waals surface area contributed by atoms with Gasteiger partial charge in [0.15, 0.2) is 0 Å². The van der Waals surface area contributed by atoms with Crippen molar-refractivity contribution in [2.45, 2.75) is 0 Å². The lowest BCUT2D eigenvalue weighted by Crippen LogP contribution is -2.31. The van der Waals surface area contributed by atoms with E-state index in [1.165, 1.54) is 56.4 Å². The number of nitrogens with zero attached hydrogens (tertiary/aromatic N) is 8. The zero-order valence-electron chi connectivity index (χ0n) is 71.0. The molecule has 0 saturated heterocycles. The molecule has 24 nitrogen and oxygen atoms in total. The molecule has 32 aromatic rings. The summed E-state index contributed by atoms with van der Waals surface area (Å²) in [5.41, 5.74) is -9.03. The average molecular weight is 1740 g/mol. The summed E-state index contributed by atoms with van der Waals surface area (Å²) in [6.07, 6.45) is 3.61. The van der Waals surface area contributed by atoms with Gasteiger partial charge in [0.2, 0.25) is 0 Å². The van der Waals surface area contributed by atoms with E-state index in [2.05, 4.69) is 0 Å². The summed E-state index contributed by atoms with van der Waals surface area (Å²) in [6.45, 7) is 0. The van der Waals surface area contributed by atoms with Crippen LogP contribution < -0.4 is 88.9 Å². The Hall–Kier alpha value is -18.1. The number of rotatable bonds is 2. The van der Waals surface area contributed by atoms with Crippen LogP contribution in [0, 0.1) is 0 Å². The Morgan fingerprint density at radius 2 is 0.239 bits per heavy atom. The van der Waals surface area contributed by atoms with Crippen LogP contribution in [-0.4, -0.2) is 36.5 Å². The molecule has 0 aliphatic rings. The molecule has 624 valence electrons. The van der Waals surface area contributed by atoms with E-state index in [0.717, 1.165) is 36.5 Å². The number of benzene rings is 24. The van der Waals surface area contributed by atoms with Gasteiger partial charge in [-0.1, -0.05) is 48.6 Å². The van der Waals surface area contributed by atoms with Crippen LogP contribution in [-0.2, 0) is 56.4 Å². The predicted octanol–water partition coefficient (Wildman–Crippen LogP) is 13.9. The molecular formula is C110H48N8O16. The van der Waals surface area contributed by atoms with Crippen molar-refractivity contribution in [3.8, 4) is 0 Å². The van der Waals surface area contributed by atoms with Gasteiger partial charge in [-0.2, -0.15) is 0 Å². The summed E-state index contributed by atoms with van der Waals surface area (Å²) < 4.78 is 8.50. The molecule has 0 N–H and O–H groups in total. The van der Waals surface area contributed by atoms with Crippen LogP contribution in [0.2, 0.25) is 0 Å². The second-order valence-electron chi connectivity index (χ2n) is 37.7. The maximum atomic E-state index is 15.9. The van der Waals surface area contributed by atoms with Gasteiger partial charge in [0, 0.05) is 196 Å². The van der Waals surface area contributed by atoms with E-state index in [0.29, 0.717) is 237 Å². The van der Waals surface area contributed by atoms with Crippen LogP contribution >= 0.6 is 0 Å². The molecule has 134 heavy (non-hydrogen) atoms. The minimum absolute atomic E-state index is 0.0950. The highest BCUT2D eigenvalue weighted by atomic mass is 16.2. The number of fused-ring (bicyclic) bond motifs is 14. The van der Waals surface area contributed by atoms with Crippen LogP contribution in [0.3, 0.4) is 0 Å². The van der Waals surface area contributed by atoms with E-state index in [1.54, 1.807) is 121 Å². The fourth-order valence-corrected chi connectivity index (χ4v) is 26.7. The van der Waals surface area contributed by atoms with Crippen LogP contribution in [0.1, 0.15) is 11.1 Å². The molecule has 0 amide bonds. The lowest BCUT2D eigenvalue weighted by atomic mass is 9.75. The fraction of sp³-hybridized carbons (Fsp3) is 0.0727. The molecule has 32 rings (SSSR count). The zero-order chi connectivity index (χ0) is 90.6. The van der Waals surface area contributed by atoms with Crippen LogP contribution in [0.15, 0.2) is 210 Å². The van der Waals surface area contributed by atoms with Crippen molar-refractivity contribution in [2.24, 2.45) is 56.4 Å². The molecular weight excluding hydrogens is 1690 g/mol. The molecule has 8 heterocycles. The van der Waals surface area contributed by atoms with Gasteiger partial charge in [-0.05, 0) is 291 Å². The van der Waals surface area contributed by atoms with Crippen molar-refractivity contribution in [1.29, 1.82) is 0 Å². The van der Waals surface area contributed by atoms with Gasteiger partial charge in [-0.3, -0.25) is 113 Å². The number of hydrogen-bond donors (Lipinski definition) is 0. The van der Waals surface area contributed by atoms with Gasteiger partial charge >= 0.3 is 0 Å². The molecule has 0 aliphatic carbocycles. The Bertz CT molecular complexity index is 12200. The minimum atomic E-state index is -0.675. The molecule has 0 unspecified atom stereocenters. The summed E-state index contributed by atoms with van der Waals surface area (Å²) >= 11 is 0. The summed E-state index contributed by atoms with van der Waals surface area (Å²) in [6, 6.07) is 38.6. The van der Waals surface area contributed by atoms with Crippen molar-refractivity contribution in [3.05, 3.63) is 310 Å². The first-order valence-corrected chi connectivity index (χ1v) is 43.6. The maximum absolute atomic E-state index is 15.9. The molecule has 0 fully saturated rings. The number of hydrogen-bond acceptors (Lipinski definition) is 16. The molecule has 0 radical (unpaired) electrons. The molecule has 0 bridgehead atoms. The lowest BCUT2D eigenvalue weighted by Gasteiger charge is -2.27. The SMILES string of the molecule is Cn1c(=O)c2ccc3c4ccc5c(=O)n(C)c(=O)c6cc7c8c9cc%10c(=O)n(C)c(=O)c%11cc(/C=C/c%12cc%13c(=O)n(C)c(=O)c%14cc%15c%16c%17cc%18c(=O)n(C)c(=O)c%19ccc%20c%21ccc%22c(=O)n(C)c(=O)c%23cc(c%16c%16cc%24c(=O)n(C)c(=O)c%25ccc%26c%12c(c%13%14)c%15c%16c%26c%25%24)c(c%21c%22%23)c%17c%20c%19%18)c%12c%13ccc%14c(=O)n(C)c(=O)c%15cc(c8c8cc(c1=O)c2c3c8c7c4c56)c(c%13c%14%15)c9c%12c%11%10. The smallest absolute Gasteiger partial charge is 0.261 e. The molecule has 0 saturated carbocycles. The predicted molar refractivity (Wildman–Crippen MR) is 538 cm³/mol. The molecule has 0 spiro atoms. The highest BCUT2D eigenvalue weighted by molar-refractivity contribution is 6.60. The van der Waals surface area contributed by atoms with Gasteiger partial charge in [-0.15, -0.1) is 0 Å². The normalized spacial score (nSPS) is 13.5. The Morgan fingerprint density at radius 1 is 0.119 bits per heavy atom.